The van der Waals surface area contributed by atoms with Crippen molar-refractivity contribution in [2.24, 2.45) is 5.73 Å². The molecule has 4 heteroatoms. The highest BCUT2D eigenvalue weighted by Crippen LogP contribution is 2.07. The lowest BCUT2D eigenvalue weighted by Crippen LogP contribution is -2.37. The van der Waals surface area contributed by atoms with Gasteiger partial charge in [0.15, 0.2) is 0 Å². The molecule has 0 aliphatic carbocycles. The SMILES string of the molecule is NC1CCn2c(nccc2=O)C1. The molecule has 2 heterocycles. The molecular weight excluding hydrogens is 154 g/mol. The summed E-state index contributed by atoms with van der Waals surface area (Å²) < 4.78 is 1.70. The molecule has 0 aromatic carbocycles. The predicted molar refractivity (Wildman–Crippen MR) is 44.8 cm³/mol. The van der Waals surface area contributed by atoms with Crippen LogP contribution in [0.5, 0.6) is 0 Å². The highest BCUT2D eigenvalue weighted by molar-refractivity contribution is 4.99. The van der Waals surface area contributed by atoms with E-state index >= 15 is 0 Å². The first-order chi connectivity index (χ1) is 5.77. The number of fused-ring (bicyclic) bond motifs is 1. The standard InChI is InChI=1S/C8H11N3O/c9-6-2-4-11-7(5-6)10-3-1-8(11)12/h1,3,6H,2,4-5,9H2. The summed E-state index contributed by atoms with van der Waals surface area (Å²) in [6, 6.07) is 1.65. The molecule has 0 spiro atoms. The van der Waals surface area contributed by atoms with Crippen molar-refractivity contribution in [2.45, 2.75) is 25.4 Å². The number of nitrogens with two attached hydrogens (primary N) is 1. The fourth-order valence-electron chi connectivity index (χ4n) is 1.51. The van der Waals surface area contributed by atoms with Gasteiger partial charge in [0.2, 0.25) is 0 Å². The van der Waals surface area contributed by atoms with Gasteiger partial charge < -0.3 is 5.73 Å². The fraction of sp³-hybridized carbons (Fsp3) is 0.500. The first kappa shape index (κ1) is 7.49. The van der Waals surface area contributed by atoms with Crippen LogP contribution in [0.2, 0.25) is 0 Å². The van der Waals surface area contributed by atoms with Gasteiger partial charge >= 0.3 is 0 Å². The van der Waals surface area contributed by atoms with Crippen molar-refractivity contribution in [3.8, 4) is 0 Å². The smallest absolute Gasteiger partial charge is 0.253 e. The highest BCUT2D eigenvalue weighted by Gasteiger charge is 2.15. The van der Waals surface area contributed by atoms with E-state index in [2.05, 4.69) is 4.98 Å². The lowest BCUT2D eigenvalue weighted by atomic mass is 10.1. The Bertz CT molecular complexity index is 344. The molecule has 0 saturated heterocycles. The van der Waals surface area contributed by atoms with E-state index in [4.69, 9.17) is 5.73 Å². The molecule has 2 N–H and O–H groups in total. The second-order valence-corrected chi connectivity index (χ2v) is 3.10. The van der Waals surface area contributed by atoms with Crippen LogP contribution < -0.4 is 11.3 Å². The fourth-order valence-corrected chi connectivity index (χ4v) is 1.51. The van der Waals surface area contributed by atoms with Crippen molar-refractivity contribution in [3.05, 3.63) is 28.4 Å². The molecule has 2 rings (SSSR count). The van der Waals surface area contributed by atoms with E-state index in [0.717, 1.165) is 18.7 Å². The Balaban J connectivity index is 2.49. The Morgan fingerprint density at radius 2 is 2.50 bits per heavy atom. The zero-order valence-corrected chi connectivity index (χ0v) is 6.73. The Morgan fingerprint density at radius 3 is 3.33 bits per heavy atom. The molecule has 1 atom stereocenters. The van der Waals surface area contributed by atoms with Crippen LogP contribution in [0.4, 0.5) is 0 Å². The van der Waals surface area contributed by atoms with Gasteiger partial charge in [-0.3, -0.25) is 9.36 Å². The maximum absolute atomic E-state index is 11.3. The molecule has 1 aliphatic heterocycles. The lowest BCUT2D eigenvalue weighted by molar-refractivity contribution is 0.444. The first-order valence-corrected chi connectivity index (χ1v) is 4.07. The lowest BCUT2D eigenvalue weighted by Gasteiger charge is -2.21. The topological polar surface area (TPSA) is 60.9 Å². The van der Waals surface area contributed by atoms with Gasteiger partial charge in [-0.1, -0.05) is 0 Å². The molecule has 4 nitrogen and oxygen atoms in total. The minimum Gasteiger partial charge on any atom is -0.327 e. The second kappa shape index (κ2) is 2.71. The van der Waals surface area contributed by atoms with Crippen LogP contribution in [-0.4, -0.2) is 15.6 Å². The summed E-state index contributed by atoms with van der Waals surface area (Å²) in [6.07, 6.45) is 3.14. The number of nitrogens with zero attached hydrogens (tertiary/aromatic N) is 2. The van der Waals surface area contributed by atoms with Crippen LogP contribution >= 0.6 is 0 Å². The van der Waals surface area contributed by atoms with Crippen molar-refractivity contribution >= 4 is 0 Å². The Kier molecular flexibility index (Phi) is 1.69. The third kappa shape index (κ3) is 1.14. The average Bonchev–Trinajstić information content (AvgIpc) is 2.04. The summed E-state index contributed by atoms with van der Waals surface area (Å²) >= 11 is 0. The molecule has 1 aromatic rings. The number of hydrogen-bond donors (Lipinski definition) is 1. The van der Waals surface area contributed by atoms with Gasteiger partial charge in [0.25, 0.3) is 5.56 Å². The van der Waals surface area contributed by atoms with E-state index in [1.54, 1.807) is 10.8 Å². The molecule has 0 bridgehead atoms. The number of hydrogen-bond acceptors (Lipinski definition) is 3. The van der Waals surface area contributed by atoms with Gasteiger partial charge in [-0.25, -0.2) is 4.98 Å². The normalized spacial score (nSPS) is 21.9. The molecular formula is C8H11N3O. The summed E-state index contributed by atoms with van der Waals surface area (Å²) in [5.74, 6) is 0.821. The summed E-state index contributed by atoms with van der Waals surface area (Å²) in [7, 11) is 0. The van der Waals surface area contributed by atoms with Crippen LogP contribution in [-0.2, 0) is 13.0 Å². The quantitative estimate of drug-likeness (QED) is 0.564. The Labute approximate surface area is 70.0 Å². The van der Waals surface area contributed by atoms with E-state index in [0.29, 0.717) is 6.54 Å². The largest absolute Gasteiger partial charge is 0.327 e. The average molecular weight is 165 g/mol. The van der Waals surface area contributed by atoms with Crippen LogP contribution in [0.25, 0.3) is 0 Å². The third-order valence-electron chi connectivity index (χ3n) is 2.19. The summed E-state index contributed by atoms with van der Waals surface area (Å²) in [4.78, 5) is 15.4. The van der Waals surface area contributed by atoms with Crippen LogP contribution in [0.1, 0.15) is 12.2 Å². The minimum absolute atomic E-state index is 0.0342. The van der Waals surface area contributed by atoms with Gasteiger partial charge in [-0.15, -0.1) is 0 Å². The van der Waals surface area contributed by atoms with E-state index in [1.165, 1.54) is 6.07 Å². The minimum atomic E-state index is 0.0342. The van der Waals surface area contributed by atoms with E-state index in [9.17, 15) is 4.79 Å². The number of rotatable bonds is 0. The van der Waals surface area contributed by atoms with Crippen LogP contribution in [0.15, 0.2) is 17.1 Å². The monoisotopic (exact) mass is 165 g/mol. The molecule has 0 saturated carbocycles. The maximum Gasteiger partial charge on any atom is 0.253 e. The van der Waals surface area contributed by atoms with Crippen molar-refractivity contribution in [1.82, 2.24) is 9.55 Å². The van der Waals surface area contributed by atoms with Crippen molar-refractivity contribution in [1.29, 1.82) is 0 Å². The summed E-state index contributed by atoms with van der Waals surface area (Å²) in [6.45, 7) is 0.711. The second-order valence-electron chi connectivity index (χ2n) is 3.10. The molecule has 1 unspecified atom stereocenters. The first-order valence-electron chi connectivity index (χ1n) is 4.07. The van der Waals surface area contributed by atoms with E-state index in [-0.39, 0.29) is 11.6 Å². The molecule has 0 fully saturated rings. The molecule has 0 radical (unpaired) electrons. The molecule has 1 aliphatic rings. The Morgan fingerprint density at radius 1 is 1.67 bits per heavy atom. The summed E-state index contributed by atoms with van der Waals surface area (Å²) in [5, 5.41) is 0. The van der Waals surface area contributed by atoms with Crippen LogP contribution in [0, 0.1) is 0 Å². The van der Waals surface area contributed by atoms with Crippen LogP contribution in [0.3, 0.4) is 0 Å². The third-order valence-corrected chi connectivity index (χ3v) is 2.19. The van der Waals surface area contributed by atoms with Crippen molar-refractivity contribution < 1.29 is 0 Å². The zero-order valence-electron chi connectivity index (χ0n) is 6.73. The Hall–Kier alpha value is -1.16. The van der Waals surface area contributed by atoms with Gasteiger partial charge in [0, 0.05) is 31.3 Å². The van der Waals surface area contributed by atoms with Gasteiger partial charge in [0.05, 0.1) is 0 Å². The van der Waals surface area contributed by atoms with E-state index in [1.807, 2.05) is 0 Å². The van der Waals surface area contributed by atoms with Gasteiger partial charge in [-0.2, -0.15) is 0 Å². The molecule has 0 amide bonds. The van der Waals surface area contributed by atoms with Gasteiger partial charge in [-0.05, 0) is 6.42 Å². The maximum atomic E-state index is 11.3. The highest BCUT2D eigenvalue weighted by atomic mass is 16.1. The van der Waals surface area contributed by atoms with Gasteiger partial charge in [0.1, 0.15) is 5.82 Å². The van der Waals surface area contributed by atoms with E-state index < -0.39 is 0 Å². The zero-order chi connectivity index (χ0) is 8.55. The molecule has 1 aromatic heterocycles. The summed E-state index contributed by atoms with van der Waals surface area (Å²) in [5.41, 5.74) is 5.78. The molecule has 12 heavy (non-hydrogen) atoms. The predicted octanol–water partition coefficient (Wildman–Crippen LogP) is -0.483. The number of aromatic nitrogens is 2. The van der Waals surface area contributed by atoms with Crippen molar-refractivity contribution in [3.63, 3.8) is 0 Å². The van der Waals surface area contributed by atoms with Crippen molar-refractivity contribution in [2.75, 3.05) is 0 Å². The molecule has 64 valence electrons.